The molecule has 0 unspecified atom stereocenters. The number of rotatable bonds is 8. The van der Waals surface area contributed by atoms with E-state index in [0.29, 0.717) is 0 Å². The fourth-order valence-corrected chi connectivity index (χ4v) is 1.32. The molecule has 0 aromatic rings. The maximum atomic E-state index is 4.44. The van der Waals surface area contributed by atoms with Crippen LogP contribution in [-0.2, 0) is 0 Å². The van der Waals surface area contributed by atoms with Gasteiger partial charge < -0.3 is 10.6 Å². The molecule has 3 nitrogen and oxygen atoms in total. The Balaban J connectivity index is 3.56. The van der Waals surface area contributed by atoms with E-state index >= 15 is 0 Å². The van der Waals surface area contributed by atoms with Gasteiger partial charge in [0, 0.05) is 19.6 Å². The van der Waals surface area contributed by atoms with Crippen LogP contribution in [0, 0.1) is 0 Å². The van der Waals surface area contributed by atoms with Crippen LogP contribution in [0.25, 0.3) is 0 Å². The third kappa shape index (κ3) is 9.57. The molecule has 0 amide bonds. The molecule has 0 bridgehead atoms. The minimum atomic E-state index is 0.907. The van der Waals surface area contributed by atoms with Crippen molar-refractivity contribution < 1.29 is 0 Å². The van der Waals surface area contributed by atoms with Gasteiger partial charge in [-0.1, -0.05) is 33.1 Å². The molecule has 0 rings (SSSR count). The Hall–Kier alpha value is -0.730. The maximum absolute atomic E-state index is 4.44. The molecule has 0 saturated heterocycles. The van der Waals surface area contributed by atoms with Gasteiger partial charge in [-0.05, 0) is 19.8 Å². The van der Waals surface area contributed by atoms with Crippen LogP contribution in [0.3, 0.4) is 0 Å². The highest BCUT2D eigenvalue weighted by atomic mass is 15.2. The Morgan fingerprint density at radius 3 is 2.33 bits per heavy atom. The lowest BCUT2D eigenvalue weighted by molar-refractivity contribution is 0.647. The van der Waals surface area contributed by atoms with Crippen molar-refractivity contribution in [3.05, 3.63) is 0 Å². The van der Waals surface area contributed by atoms with Gasteiger partial charge >= 0.3 is 0 Å². The second-order valence-corrected chi connectivity index (χ2v) is 3.75. The summed E-state index contributed by atoms with van der Waals surface area (Å²) in [5, 5.41) is 6.60. The highest BCUT2D eigenvalue weighted by molar-refractivity contribution is 5.79. The number of nitrogens with one attached hydrogen (secondary N) is 2. The molecule has 0 aromatic carbocycles. The summed E-state index contributed by atoms with van der Waals surface area (Å²) in [4.78, 5) is 4.44. The van der Waals surface area contributed by atoms with Crippen LogP contribution in [0.4, 0.5) is 0 Å². The van der Waals surface area contributed by atoms with Gasteiger partial charge in [0.05, 0.1) is 0 Å². The van der Waals surface area contributed by atoms with E-state index in [-0.39, 0.29) is 0 Å². The summed E-state index contributed by atoms with van der Waals surface area (Å²) in [6.07, 6.45) is 6.29. The summed E-state index contributed by atoms with van der Waals surface area (Å²) in [6, 6.07) is 0. The van der Waals surface area contributed by atoms with Gasteiger partial charge in [-0.15, -0.1) is 0 Å². The molecule has 0 aliphatic heterocycles. The van der Waals surface area contributed by atoms with Crippen LogP contribution in [0.5, 0.6) is 0 Å². The first kappa shape index (κ1) is 14.3. The second-order valence-electron chi connectivity index (χ2n) is 3.75. The number of hydrogen-bond donors (Lipinski definition) is 2. The van der Waals surface area contributed by atoms with Crippen LogP contribution in [0.15, 0.2) is 4.99 Å². The van der Waals surface area contributed by atoms with E-state index in [1.54, 1.807) is 0 Å². The topological polar surface area (TPSA) is 36.4 Å². The summed E-state index contributed by atoms with van der Waals surface area (Å²) in [7, 11) is 0. The van der Waals surface area contributed by atoms with Crippen LogP contribution < -0.4 is 10.6 Å². The molecule has 3 heteroatoms. The largest absolute Gasteiger partial charge is 0.357 e. The van der Waals surface area contributed by atoms with Crippen LogP contribution in [-0.4, -0.2) is 25.6 Å². The second kappa shape index (κ2) is 11.3. The molecule has 0 aromatic heterocycles. The molecule has 0 radical (unpaired) electrons. The average molecular weight is 213 g/mol. The van der Waals surface area contributed by atoms with Gasteiger partial charge in [0.1, 0.15) is 0 Å². The molecule has 0 fully saturated rings. The monoisotopic (exact) mass is 213 g/mol. The summed E-state index contributed by atoms with van der Waals surface area (Å²) < 4.78 is 0. The van der Waals surface area contributed by atoms with E-state index in [9.17, 15) is 0 Å². The van der Waals surface area contributed by atoms with E-state index in [1.165, 1.54) is 25.7 Å². The number of nitrogens with zero attached hydrogens (tertiary/aromatic N) is 1. The molecule has 0 aliphatic carbocycles. The van der Waals surface area contributed by atoms with Crippen molar-refractivity contribution >= 4 is 5.96 Å². The third-order valence-electron chi connectivity index (χ3n) is 2.16. The summed E-state index contributed by atoms with van der Waals surface area (Å²) in [5.41, 5.74) is 0. The molecule has 90 valence electrons. The van der Waals surface area contributed by atoms with Gasteiger partial charge in [0.15, 0.2) is 5.96 Å². The minimum absolute atomic E-state index is 0.907. The lowest BCUT2D eigenvalue weighted by atomic mass is 10.2. The SMILES string of the molecule is CCCCCCNC(=NCCC)NCC. The van der Waals surface area contributed by atoms with Crippen molar-refractivity contribution in [3.8, 4) is 0 Å². The van der Waals surface area contributed by atoms with E-state index in [2.05, 4.69) is 36.4 Å². The van der Waals surface area contributed by atoms with Gasteiger partial charge in [-0.25, -0.2) is 0 Å². The molecule has 0 spiro atoms. The van der Waals surface area contributed by atoms with E-state index in [0.717, 1.165) is 32.0 Å². The van der Waals surface area contributed by atoms with E-state index < -0.39 is 0 Å². The zero-order valence-corrected chi connectivity index (χ0v) is 10.6. The highest BCUT2D eigenvalue weighted by Crippen LogP contribution is 1.96. The van der Waals surface area contributed by atoms with Gasteiger partial charge in [0.25, 0.3) is 0 Å². The normalized spacial score (nSPS) is 11.5. The first-order chi connectivity index (χ1) is 7.35. The maximum Gasteiger partial charge on any atom is 0.191 e. The Morgan fingerprint density at radius 1 is 0.933 bits per heavy atom. The predicted molar refractivity (Wildman–Crippen MR) is 68.4 cm³/mol. The Kier molecular flexibility index (Phi) is 10.8. The van der Waals surface area contributed by atoms with Gasteiger partial charge in [-0.3, -0.25) is 4.99 Å². The number of hydrogen-bond acceptors (Lipinski definition) is 1. The molecular weight excluding hydrogens is 186 g/mol. The predicted octanol–water partition coefficient (Wildman–Crippen LogP) is 2.53. The van der Waals surface area contributed by atoms with Gasteiger partial charge in [-0.2, -0.15) is 0 Å². The van der Waals surface area contributed by atoms with Crippen LogP contribution in [0.1, 0.15) is 52.9 Å². The minimum Gasteiger partial charge on any atom is -0.357 e. The average Bonchev–Trinajstić information content (AvgIpc) is 2.25. The molecule has 0 atom stereocenters. The summed E-state index contributed by atoms with van der Waals surface area (Å²) >= 11 is 0. The number of unbranched alkanes of at least 4 members (excludes halogenated alkanes) is 3. The van der Waals surface area contributed by atoms with E-state index in [1.807, 2.05) is 0 Å². The standard InChI is InChI=1S/C12H27N3/c1-4-7-8-9-11-15-12(13-6-3)14-10-5-2/h4-11H2,1-3H3,(H2,13,14,15). The van der Waals surface area contributed by atoms with Crippen molar-refractivity contribution in [1.29, 1.82) is 0 Å². The lowest BCUT2D eigenvalue weighted by Gasteiger charge is -2.10. The fourth-order valence-electron chi connectivity index (χ4n) is 1.32. The number of guanidine groups is 1. The first-order valence-electron chi connectivity index (χ1n) is 6.37. The first-order valence-corrected chi connectivity index (χ1v) is 6.37. The van der Waals surface area contributed by atoms with Crippen LogP contribution >= 0.6 is 0 Å². The molecular formula is C12H27N3. The number of aliphatic imine (C=N–C) groups is 1. The Labute approximate surface area is 94.7 Å². The summed E-state index contributed by atoms with van der Waals surface area (Å²) in [6.45, 7) is 9.36. The molecule has 0 aliphatic rings. The fraction of sp³-hybridized carbons (Fsp3) is 0.917. The van der Waals surface area contributed by atoms with Crippen molar-refractivity contribution in [3.63, 3.8) is 0 Å². The molecule has 2 N–H and O–H groups in total. The molecule has 15 heavy (non-hydrogen) atoms. The van der Waals surface area contributed by atoms with Crippen LogP contribution in [0.2, 0.25) is 0 Å². The quantitative estimate of drug-likeness (QED) is 0.369. The van der Waals surface area contributed by atoms with E-state index in [4.69, 9.17) is 0 Å². The van der Waals surface area contributed by atoms with Crippen molar-refractivity contribution in [2.24, 2.45) is 4.99 Å². The molecule has 0 heterocycles. The van der Waals surface area contributed by atoms with Crippen molar-refractivity contribution in [2.45, 2.75) is 52.9 Å². The highest BCUT2D eigenvalue weighted by Gasteiger charge is 1.94. The van der Waals surface area contributed by atoms with Gasteiger partial charge in [0.2, 0.25) is 0 Å². The smallest absolute Gasteiger partial charge is 0.191 e. The molecule has 0 saturated carbocycles. The summed E-state index contributed by atoms with van der Waals surface area (Å²) in [5.74, 6) is 0.968. The Morgan fingerprint density at radius 2 is 1.73 bits per heavy atom. The van der Waals surface area contributed by atoms with Crippen molar-refractivity contribution in [1.82, 2.24) is 10.6 Å². The van der Waals surface area contributed by atoms with Crippen molar-refractivity contribution in [2.75, 3.05) is 19.6 Å². The lowest BCUT2D eigenvalue weighted by Crippen LogP contribution is -2.37. The Bertz CT molecular complexity index is 155. The zero-order valence-electron chi connectivity index (χ0n) is 10.6. The zero-order chi connectivity index (χ0) is 11.4. The third-order valence-corrected chi connectivity index (χ3v) is 2.16.